The molecule has 0 N–H and O–H groups in total. The van der Waals surface area contributed by atoms with Crippen LogP contribution in [0, 0.1) is 0 Å². The number of esters is 1. The summed E-state index contributed by atoms with van der Waals surface area (Å²) in [6, 6.07) is 0. The smallest absolute Gasteiger partial charge is 0.307 e. The first kappa shape index (κ1) is 13.9. The first-order valence-corrected chi connectivity index (χ1v) is 5.42. The summed E-state index contributed by atoms with van der Waals surface area (Å²) in [7, 11) is 3.07. The van der Waals surface area contributed by atoms with Crippen molar-refractivity contribution in [2.24, 2.45) is 0 Å². The van der Waals surface area contributed by atoms with Crippen LogP contribution in [-0.2, 0) is 14.3 Å². The van der Waals surface area contributed by atoms with Crippen molar-refractivity contribution in [3.63, 3.8) is 0 Å². The Morgan fingerprint density at radius 2 is 1.87 bits per heavy atom. The summed E-state index contributed by atoms with van der Waals surface area (Å²) in [4.78, 5) is 23.9. The van der Waals surface area contributed by atoms with Crippen molar-refractivity contribution in [3.8, 4) is 0 Å². The summed E-state index contributed by atoms with van der Waals surface area (Å²) in [6.45, 7) is 2.54. The van der Waals surface area contributed by atoms with E-state index in [2.05, 4.69) is 11.7 Å². The maximum absolute atomic E-state index is 11.5. The Kier molecular flexibility index (Phi) is 7.68. The highest BCUT2D eigenvalue weighted by Gasteiger charge is 2.09. The lowest BCUT2D eigenvalue weighted by atomic mass is 10.2. The fourth-order valence-electron chi connectivity index (χ4n) is 1.20. The number of unbranched alkanes of at least 4 members (excludes halogenated alkanes) is 2. The Morgan fingerprint density at radius 1 is 1.20 bits per heavy atom. The van der Waals surface area contributed by atoms with Gasteiger partial charge in [-0.05, 0) is 6.42 Å². The third kappa shape index (κ3) is 6.94. The van der Waals surface area contributed by atoms with E-state index in [4.69, 9.17) is 0 Å². The normalized spacial score (nSPS) is 9.80. The minimum Gasteiger partial charge on any atom is -0.469 e. The molecule has 1 amide bonds. The third-order valence-corrected chi connectivity index (χ3v) is 2.30. The summed E-state index contributed by atoms with van der Waals surface area (Å²) in [5.41, 5.74) is 0. The number of nitrogens with zero attached hydrogens (tertiary/aromatic N) is 1. The number of carbonyl (C=O) groups is 2. The molecule has 0 aliphatic carbocycles. The van der Waals surface area contributed by atoms with Gasteiger partial charge in [-0.25, -0.2) is 0 Å². The van der Waals surface area contributed by atoms with Crippen molar-refractivity contribution in [1.29, 1.82) is 0 Å². The Bertz CT molecular complexity index is 204. The Labute approximate surface area is 91.6 Å². The molecule has 0 radical (unpaired) electrons. The fraction of sp³-hybridized carbons (Fsp3) is 0.818. The molecule has 88 valence electrons. The van der Waals surface area contributed by atoms with Crippen LogP contribution in [0.25, 0.3) is 0 Å². The maximum Gasteiger partial charge on any atom is 0.307 e. The molecule has 0 bridgehead atoms. The van der Waals surface area contributed by atoms with E-state index < -0.39 is 0 Å². The molecule has 4 heteroatoms. The molecule has 0 fully saturated rings. The van der Waals surface area contributed by atoms with Gasteiger partial charge in [-0.1, -0.05) is 19.8 Å². The number of ether oxygens (including phenoxy) is 1. The van der Waals surface area contributed by atoms with E-state index in [-0.39, 0.29) is 18.3 Å². The highest BCUT2D eigenvalue weighted by Crippen LogP contribution is 2.02. The molecule has 0 aromatic heterocycles. The maximum atomic E-state index is 11.5. The van der Waals surface area contributed by atoms with E-state index in [1.807, 2.05) is 0 Å². The predicted molar refractivity (Wildman–Crippen MR) is 58.4 cm³/mol. The molecule has 0 atom stereocenters. The van der Waals surface area contributed by atoms with Crippen LogP contribution in [0.3, 0.4) is 0 Å². The van der Waals surface area contributed by atoms with E-state index in [0.717, 1.165) is 19.3 Å². The van der Waals surface area contributed by atoms with Gasteiger partial charge >= 0.3 is 5.97 Å². The summed E-state index contributed by atoms with van der Waals surface area (Å²) in [5, 5.41) is 0. The van der Waals surface area contributed by atoms with Crippen molar-refractivity contribution in [2.75, 3.05) is 20.7 Å². The predicted octanol–water partition coefficient (Wildman–Crippen LogP) is 1.59. The molecule has 0 saturated carbocycles. The van der Waals surface area contributed by atoms with E-state index in [1.165, 1.54) is 7.11 Å². The largest absolute Gasteiger partial charge is 0.469 e. The first-order chi connectivity index (χ1) is 7.11. The van der Waals surface area contributed by atoms with Gasteiger partial charge in [0, 0.05) is 20.0 Å². The molecule has 0 unspecified atom stereocenters. The Balaban J connectivity index is 3.64. The molecule has 0 rings (SSSR count). The van der Waals surface area contributed by atoms with Gasteiger partial charge in [-0.15, -0.1) is 0 Å². The average molecular weight is 215 g/mol. The highest BCUT2D eigenvalue weighted by atomic mass is 16.5. The van der Waals surface area contributed by atoms with Crippen LogP contribution >= 0.6 is 0 Å². The summed E-state index contributed by atoms with van der Waals surface area (Å²) in [6.07, 6.45) is 3.96. The van der Waals surface area contributed by atoms with Gasteiger partial charge < -0.3 is 9.64 Å². The molecule has 15 heavy (non-hydrogen) atoms. The molecule has 0 spiro atoms. The van der Waals surface area contributed by atoms with Gasteiger partial charge in [0.2, 0.25) is 5.91 Å². The van der Waals surface area contributed by atoms with Gasteiger partial charge in [0.25, 0.3) is 0 Å². The molecule has 4 nitrogen and oxygen atoms in total. The number of hydrogen-bond donors (Lipinski definition) is 0. The molecule has 0 aromatic rings. The Hall–Kier alpha value is -1.06. The van der Waals surface area contributed by atoms with Crippen LogP contribution in [0.1, 0.15) is 39.0 Å². The zero-order chi connectivity index (χ0) is 11.7. The topological polar surface area (TPSA) is 46.6 Å². The van der Waals surface area contributed by atoms with Gasteiger partial charge in [0.15, 0.2) is 0 Å². The second kappa shape index (κ2) is 8.26. The number of rotatable bonds is 7. The number of amides is 1. The van der Waals surface area contributed by atoms with Crippen LogP contribution in [-0.4, -0.2) is 37.5 Å². The van der Waals surface area contributed by atoms with E-state index >= 15 is 0 Å². The zero-order valence-corrected chi connectivity index (χ0v) is 9.91. The minimum atomic E-state index is -0.275. The van der Waals surface area contributed by atoms with E-state index in [9.17, 15) is 9.59 Å². The van der Waals surface area contributed by atoms with Crippen molar-refractivity contribution >= 4 is 11.9 Å². The SMILES string of the molecule is CCCCCC(=O)N(C)CCC(=O)OC. The monoisotopic (exact) mass is 215 g/mol. The molecule has 0 saturated heterocycles. The minimum absolute atomic E-state index is 0.104. The van der Waals surface area contributed by atoms with Gasteiger partial charge in [-0.3, -0.25) is 9.59 Å². The second-order valence-corrected chi connectivity index (χ2v) is 3.60. The Morgan fingerprint density at radius 3 is 2.40 bits per heavy atom. The molecule has 0 heterocycles. The first-order valence-electron chi connectivity index (χ1n) is 5.42. The summed E-state index contributed by atoms with van der Waals surface area (Å²) >= 11 is 0. The lowest BCUT2D eigenvalue weighted by molar-refractivity contribution is -0.141. The summed E-state index contributed by atoms with van der Waals surface area (Å²) in [5.74, 6) is -0.171. The average Bonchev–Trinajstić information content (AvgIpc) is 2.25. The van der Waals surface area contributed by atoms with Crippen LogP contribution in [0.4, 0.5) is 0 Å². The van der Waals surface area contributed by atoms with Crippen molar-refractivity contribution in [2.45, 2.75) is 39.0 Å². The molecular weight excluding hydrogens is 194 g/mol. The highest BCUT2D eigenvalue weighted by molar-refractivity contribution is 5.76. The van der Waals surface area contributed by atoms with Gasteiger partial charge in [-0.2, -0.15) is 0 Å². The number of hydrogen-bond acceptors (Lipinski definition) is 3. The molecule has 0 aliphatic heterocycles. The molecular formula is C11H21NO3. The zero-order valence-electron chi connectivity index (χ0n) is 9.91. The van der Waals surface area contributed by atoms with Crippen LogP contribution in [0.5, 0.6) is 0 Å². The van der Waals surface area contributed by atoms with Crippen molar-refractivity contribution in [3.05, 3.63) is 0 Å². The molecule has 0 aliphatic rings. The van der Waals surface area contributed by atoms with Gasteiger partial charge in [0.1, 0.15) is 0 Å². The lowest BCUT2D eigenvalue weighted by Gasteiger charge is -2.16. The van der Waals surface area contributed by atoms with Crippen molar-refractivity contribution in [1.82, 2.24) is 4.90 Å². The summed E-state index contributed by atoms with van der Waals surface area (Å²) < 4.78 is 4.50. The van der Waals surface area contributed by atoms with Crippen LogP contribution in [0.15, 0.2) is 0 Å². The van der Waals surface area contributed by atoms with Crippen LogP contribution < -0.4 is 0 Å². The van der Waals surface area contributed by atoms with Crippen LogP contribution in [0.2, 0.25) is 0 Å². The third-order valence-electron chi connectivity index (χ3n) is 2.30. The van der Waals surface area contributed by atoms with E-state index in [1.54, 1.807) is 11.9 Å². The lowest BCUT2D eigenvalue weighted by Crippen LogP contribution is -2.29. The fourth-order valence-corrected chi connectivity index (χ4v) is 1.20. The molecule has 0 aromatic carbocycles. The standard InChI is InChI=1S/C11H21NO3/c1-4-5-6-7-10(13)12(2)9-8-11(14)15-3/h4-9H2,1-3H3. The van der Waals surface area contributed by atoms with Crippen molar-refractivity contribution < 1.29 is 14.3 Å². The second-order valence-electron chi connectivity index (χ2n) is 3.60. The van der Waals surface area contributed by atoms with Gasteiger partial charge in [0.05, 0.1) is 13.5 Å². The number of carbonyl (C=O) groups excluding carboxylic acids is 2. The number of methoxy groups -OCH3 is 1. The van der Waals surface area contributed by atoms with E-state index in [0.29, 0.717) is 13.0 Å². The quantitative estimate of drug-likeness (QED) is 0.478.